The van der Waals surface area contributed by atoms with Crippen molar-refractivity contribution in [3.05, 3.63) is 76.3 Å². The van der Waals surface area contributed by atoms with E-state index in [2.05, 4.69) is 116 Å². The van der Waals surface area contributed by atoms with E-state index in [9.17, 15) is 0 Å². The van der Waals surface area contributed by atoms with Gasteiger partial charge in [0.05, 0.1) is 0 Å². The van der Waals surface area contributed by atoms with Crippen molar-refractivity contribution in [1.82, 2.24) is 10.4 Å². The number of hydrogen-bond acceptors (Lipinski definition) is 2. The third-order valence-corrected chi connectivity index (χ3v) is 14.5. The molecule has 0 amide bonds. The maximum Gasteiger partial charge on any atom is 0.0385 e. The van der Waals surface area contributed by atoms with Gasteiger partial charge in [-0.1, -0.05) is 198 Å². The van der Waals surface area contributed by atoms with Crippen LogP contribution >= 0.6 is 0 Å². The van der Waals surface area contributed by atoms with E-state index in [0.29, 0.717) is 18.0 Å². The van der Waals surface area contributed by atoms with E-state index in [0.717, 1.165) is 38.1 Å². The molecular weight excluding hydrogens is 689 g/mol. The number of nitrogens with zero attached hydrogens (tertiary/aromatic N) is 1. The molecule has 4 aliphatic carbocycles. The first-order valence-corrected chi connectivity index (χ1v) is 25.2. The van der Waals surface area contributed by atoms with Gasteiger partial charge in [-0.25, -0.2) is 5.01 Å². The minimum Gasteiger partial charge on any atom is -0.255 e. The SMILES string of the molecule is CCCCCCCCC1=C(C(C2=C(CC3CCCCC3)C=CC2)(C(CC(C)C)N(NCCC)C(C)C)C(C)([CH]C2=C(CCCC)C=CC2)CCCCCC)CC=C1. The molecule has 1 N–H and O–H groups in total. The third kappa shape index (κ3) is 12.9. The summed E-state index contributed by atoms with van der Waals surface area (Å²) in [6, 6.07) is 0.737. The van der Waals surface area contributed by atoms with E-state index < -0.39 is 0 Å². The lowest BCUT2D eigenvalue weighted by Crippen LogP contribution is -2.63. The quantitative estimate of drug-likeness (QED) is 0.0577. The summed E-state index contributed by atoms with van der Waals surface area (Å²) >= 11 is 0. The molecule has 3 atom stereocenters. The zero-order chi connectivity index (χ0) is 41.1. The fourth-order valence-electron chi connectivity index (χ4n) is 11.7. The first-order chi connectivity index (χ1) is 27.7. The summed E-state index contributed by atoms with van der Waals surface area (Å²) in [5, 5.41) is 2.85. The van der Waals surface area contributed by atoms with Crippen LogP contribution in [-0.2, 0) is 0 Å². The van der Waals surface area contributed by atoms with Gasteiger partial charge >= 0.3 is 0 Å². The summed E-state index contributed by atoms with van der Waals surface area (Å²) in [7, 11) is 0. The Morgan fingerprint density at radius 2 is 1.25 bits per heavy atom. The summed E-state index contributed by atoms with van der Waals surface area (Å²) in [5.41, 5.74) is 14.3. The molecule has 2 nitrogen and oxygen atoms in total. The van der Waals surface area contributed by atoms with Gasteiger partial charge in [0.25, 0.3) is 0 Å². The van der Waals surface area contributed by atoms with Crippen molar-refractivity contribution in [1.29, 1.82) is 0 Å². The Hall–Kier alpha value is -1.64. The van der Waals surface area contributed by atoms with E-state index >= 15 is 0 Å². The number of hydrazine groups is 1. The number of allylic oxidation sites excluding steroid dienone is 10. The molecule has 0 bridgehead atoms. The van der Waals surface area contributed by atoms with Crippen molar-refractivity contribution in [3.63, 3.8) is 0 Å². The van der Waals surface area contributed by atoms with Crippen molar-refractivity contribution >= 4 is 0 Å². The Morgan fingerprint density at radius 1 is 0.667 bits per heavy atom. The number of nitrogens with one attached hydrogen (secondary N) is 1. The molecule has 1 fully saturated rings. The van der Waals surface area contributed by atoms with Crippen molar-refractivity contribution < 1.29 is 0 Å². The minimum absolute atomic E-state index is 0.0486. The van der Waals surface area contributed by atoms with Crippen molar-refractivity contribution in [2.45, 2.75) is 241 Å². The fourth-order valence-corrected chi connectivity index (χ4v) is 11.7. The Balaban J connectivity index is 2.09. The maximum absolute atomic E-state index is 4.20. The van der Waals surface area contributed by atoms with Crippen LogP contribution in [-0.4, -0.2) is 23.6 Å². The number of hydrogen-bond donors (Lipinski definition) is 1. The minimum atomic E-state index is -0.130. The summed E-state index contributed by atoms with van der Waals surface area (Å²) in [4.78, 5) is 0. The normalized spacial score (nSPS) is 20.4. The molecule has 0 spiro atoms. The molecule has 2 heteroatoms. The van der Waals surface area contributed by atoms with Crippen molar-refractivity contribution in [3.8, 4) is 0 Å². The van der Waals surface area contributed by atoms with Crippen LogP contribution < -0.4 is 5.43 Å². The van der Waals surface area contributed by atoms with Gasteiger partial charge in [0, 0.05) is 24.0 Å². The first-order valence-electron chi connectivity index (χ1n) is 25.2. The van der Waals surface area contributed by atoms with Crippen LogP contribution in [0.15, 0.2) is 69.9 Å². The molecule has 4 aliphatic rings. The molecule has 0 aromatic heterocycles. The molecule has 0 aromatic rings. The highest BCUT2D eigenvalue weighted by Crippen LogP contribution is 2.65. The summed E-state index contributed by atoms with van der Waals surface area (Å²) in [5.74, 6) is 1.41. The zero-order valence-electron chi connectivity index (χ0n) is 39.4. The lowest BCUT2D eigenvalue weighted by atomic mass is 9.47. The molecule has 1 radical (unpaired) electrons. The predicted octanol–water partition coefficient (Wildman–Crippen LogP) is 16.9. The van der Waals surface area contributed by atoms with Crippen LogP contribution in [0.2, 0.25) is 0 Å². The smallest absolute Gasteiger partial charge is 0.0385 e. The molecule has 323 valence electrons. The van der Waals surface area contributed by atoms with Gasteiger partial charge in [0.2, 0.25) is 0 Å². The Bertz CT molecular complexity index is 1360. The lowest BCUT2D eigenvalue weighted by Gasteiger charge is -2.60. The van der Waals surface area contributed by atoms with Gasteiger partial charge < -0.3 is 0 Å². The zero-order valence-corrected chi connectivity index (χ0v) is 39.4. The lowest BCUT2D eigenvalue weighted by molar-refractivity contribution is -0.0345. The largest absolute Gasteiger partial charge is 0.255 e. The van der Waals surface area contributed by atoms with Gasteiger partial charge in [-0.15, -0.1) is 0 Å². The topological polar surface area (TPSA) is 15.3 Å². The van der Waals surface area contributed by atoms with Crippen molar-refractivity contribution in [2.75, 3.05) is 6.54 Å². The summed E-state index contributed by atoms with van der Waals surface area (Å²) in [6.07, 6.45) is 52.2. The van der Waals surface area contributed by atoms with E-state index in [1.54, 1.807) is 27.9 Å². The monoisotopic (exact) mass is 782 g/mol. The van der Waals surface area contributed by atoms with Crippen LogP contribution in [0, 0.1) is 29.1 Å². The molecule has 4 rings (SSSR count). The number of rotatable bonds is 30. The van der Waals surface area contributed by atoms with Gasteiger partial charge in [-0.3, -0.25) is 5.43 Å². The average molecular weight is 782 g/mol. The molecule has 0 heterocycles. The molecule has 3 unspecified atom stereocenters. The van der Waals surface area contributed by atoms with E-state index in [-0.39, 0.29) is 10.8 Å². The third-order valence-electron chi connectivity index (χ3n) is 14.5. The fraction of sp³-hybridized carbons (Fsp3) is 0.764. The molecule has 1 saturated carbocycles. The van der Waals surface area contributed by atoms with Crippen LogP contribution in [0.25, 0.3) is 0 Å². The standard InChI is InChI=1S/C55H93N2/c1-10-14-17-19-20-24-32-48-34-27-37-51(48)55(53(41-44(5)6)57(45(7)8)56-40-13-4,52-38-28-35-49(52)42-46-29-22-21-23-30-46)54(9,39-25-18-15-11-2)43-50-36-26-33-47(50)31-16-12-3/h26-28,33-35,43-46,53,56H,10-25,29-32,36-42H2,1-9H3. The molecule has 0 saturated heterocycles. The first kappa shape index (κ1) is 48.0. The van der Waals surface area contributed by atoms with Crippen LogP contribution in [0.3, 0.4) is 0 Å². The van der Waals surface area contributed by atoms with Gasteiger partial charge in [0.1, 0.15) is 0 Å². The van der Waals surface area contributed by atoms with Crippen LogP contribution in [0.5, 0.6) is 0 Å². The van der Waals surface area contributed by atoms with Gasteiger partial charge in [-0.2, -0.15) is 0 Å². The van der Waals surface area contributed by atoms with Crippen LogP contribution in [0.1, 0.15) is 229 Å². The van der Waals surface area contributed by atoms with E-state index in [1.165, 1.54) is 141 Å². The molecule has 57 heavy (non-hydrogen) atoms. The predicted molar refractivity (Wildman–Crippen MR) is 253 cm³/mol. The van der Waals surface area contributed by atoms with Crippen LogP contribution in [0.4, 0.5) is 0 Å². The van der Waals surface area contributed by atoms with Crippen molar-refractivity contribution in [2.24, 2.45) is 22.7 Å². The number of unbranched alkanes of at least 4 members (excludes halogenated alkanes) is 9. The maximum atomic E-state index is 4.20. The molecular formula is C55H93N2. The van der Waals surface area contributed by atoms with Gasteiger partial charge in [0.15, 0.2) is 0 Å². The Morgan fingerprint density at radius 3 is 1.89 bits per heavy atom. The second kappa shape index (κ2) is 25.2. The second-order valence-electron chi connectivity index (χ2n) is 19.9. The highest BCUT2D eigenvalue weighted by molar-refractivity contribution is 5.54. The highest BCUT2D eigenvalue weighted by atomic mass is 15.5. The molecule has 0 aliphatic heterocycles. The summed E-state index contributed by atoms with van der Waals surface area (Å²) in [6.45, 7) is 23.3. The molecule has 0 aromatic carbocycles. The Labute approximate surface area is 356 Å². The van der Waals surface area contributed by atoms with E-state index in [4.69, 9.17) is 0 Å². The second-order valence-corrected chi connectivity index (χ2v) is 19.9. The Kier molecular flexibility index (Phi) is 21.2. The van der Waals surface area contributed by atoms with Gasteiger partial charge in [-0.05, 0) is 125 Å². The summed E-state index contributed by atoms with van der Waals surface area (Å²) < 4.78 is 0. The highest BCUT2D eigenvalue weighted by Gasteiger charge is 2.60. The average Bonchev–Trinajstić information content (AvgIpc) is 3.97. The van der Waals surface area contributed by atoms with E-state index in [1.807, 2.05) is 5.57 Å².